The lowest BCUT2D eigenvalue weighted by atomic mass is 10.1. The Morgan fingerprint density at radius 3 is 2.80 bits per heavy atom. The average Bonchev–Trinajstić information content (AvgIpc) is 3.05. The quantitative estimate of drug-likeness (QED) is 0.869. The molecule has 2 N–H and O–H groups in total. The summed E-state index contributed by atoms with van der Waals surface area (Å²) in [5, 5.41) is 26.9. The molecule has 0 bridgehead atoms. The molecule has 1 aliphatic carbocycles. The zero-order valence-corrected chi connectivity index (χ0v) is 10.7. The molecule has 2 heterocycles. The zero-order valence-electron chi connectivity index (χ0n) is 10.7. The fourth-order valence-electron chi connectivity index (χ4n) is 2.62. The van der Waals surface area contributed by atoms with E-state index >= 15 is 0 Å². The first kappa shape index (κ1) is 12.7. The third-order valence-electron chi connectivity index (χ3n) is 3.56. The highest BCUT2D eigenvalue weighted by molar-refractivity contribution is 5.92. The molecule has 1 aliphatic rings. The van der Waals surface area contributed by atoms with Gasteiger partial charge in [-0.2, -0.15) is 0 Å². The van der Waals surface area contributed by atoms with Crippen molar-refractivity contribution in [1.29, 1.82) is 0 Å². The monoisotopic (exact) mass is 274 g/mol. The molecule has 20 heavy (non-hydrogen) atoms. The second kappa shape index (κ2) is 5.01. The number of pyridine rings is 1. The van der Waals surface area contributed by atoms with Gasteiger partial charge in [0.2, 0.25) is 0 Å². The summed E-state index contributed by atoms with van der Waals surface area (Å²) in [6.45, 7) is 0. The SMILES string of the molecule is O=C(O)c1nnn(C2CCCC2O)c1-c1ccccn1. The van der Waals surface area contributed by atoms with E-state index in [1.165, 1.54) is 4.68 Å². The van der Waals surface area contributed by atoms with Crippen LogP contribution in [0.15, 0.2) is 24.4 Å². The van der Waals surface area contributed by atoms with Crippen LogP contribution >= 0.6 is 0 Å². The van der Waals surface area contributed by atoms with E-state index in [2.05, 4.69) is 15.3 Å². The fraction of sp³-hybridized carbons (Fsp3) is 0.385. The Kier molecular flexibility index (Phi) is 3.19. The number of aromatic carboxylic acids is 1. The van der Waals surface area contributed by atoms with Gasteiger partial charge in [0.15, 0.2) is 5.69 Å². The number of carbonyl (C=O) groups is 1. The Bertz CT molecular complexity index is 626. The number of rotatable bonds is 3. The number of aliphatic hydroxyl groups excluding tert-OH is 1. The zero-order chi connectivity index (χ0) is 14.1. The Balaban J connectivity index is 2.14. The minimum atomic E-state index is -1.15. The van der Waals surface area contributed by atoms with Crippen LogP contribution in [0.2, 0.25) is 0 Å². The number of hydrogen-bond acceptors (Lipinski definition) is 5. The predicted octanol–water partition coefficient (Wildman–Crippen LogP) is 1.12. The minimum Gasteiger partial charge on any atom is -0.476 e. The highest BCUT2D eigenvalue weighted by atomic mass is 16.4. The summed E-state index contributed by atoms with van der Waals surface area (Å²) in [4.78, 5) is 15.5. The summed E-state index contributed by atoms with van der Waals surface area (Å²) in [7, 11) is 0. The van der Waals surface area contributed by atoms with Crippen molar-refractivity contribution in [2.24, 2.45) is 0 Å². The van der Waals surface area contributed by atoms with Crippen LogP contribution in [0.1, 0.15) is 35.8 Å². The summed E-state index contributed by atoms with van der Waals surface area (Å²) in [5.41, 5.74) is 0.709. The van der Waals surface area contributed by atoms with Gasteiger partial charge in [-0.15, -0.1) is 5.10 Å². The van der Waals surface area contributed by atoms with Crippen LogP contribution in [-0.4, -0.2) is 42.3 Å². The molecule has 0 aromatic carbocycles. The largest absolute Gasteiger partial charge is 0.476 e. The van der Waals surface area contributed by atoms with Crippen molar-refractivity contribution in [3.05, 3.63) is 30.1 Å². The summed E-state index contributed by atoms with van der Waals surface area (Å²) in [6.07, 6.45) is 3.39. The smallest absolute Gasteiger partial charge is 0.358 e. The molecule has 0 radical (unpaired) electrons. The molecule has 1 fully saturated rings. The van der Waals surface area contributed by atoms with Gasteiger partial charge in [-0.25, -0.2) is 9.48 Å². The van der Waals surface area contributed by atoms with Crippen LogP contribution in [0.4, 0.5) is 0 Å². The number of aliphatic hydroxyl groups is 1. The van der Waals surface area contributed by atoms with Gasteiger partial charge in [-0.05, 0) is 31.4 Å². The van der Waals surface area contributed by atoms with Gasteiger partial charge in [-0.1, -0.05) is 11.3 Å². The van der Waals surface area contributed by atoms with Crippen LogP contribution in [0.5, 0.6) is 0 Å². The molecule has 104 valence electrons. The minimum absolute atomic E-state index is 0.136. The summed E-state index contributed by atoms with van der Waals surface area (Å²) >= 11 is 0. The maximum atomic E-state index is 11.3. The average molecular weight is 274 g/mol. The third kappa shape index (κ3) is 2.05. The van der Waals surface area contributed by atoms with Gasteiger partial charge in [0.25, 0.3) is 0 Å². The molecule has 0 spiro atoms. The Morgan fingerprint density at radius 2 is 2.20 bits per heavy atom. The number of hydrogen-bond donors (Lipinski definition) is 2. The normalized spacial score (nSPS) is 22.1. The molecule has 0 aliphatic heterocycles. The van der Waals surface area contributed by atoms with E-state index in [9.17, 15) is 15.0 Å². The highest BCUT2D eigenvalue weighted by Crippen LogP contribution is 2.33. The van der Waals surface area contributed by atoms with Crippen molar-refractivity contribution < 1.29 is 15.0 Å². The molecule has 2 aromatic heterocycles. The second-order valence-corrected chi connectivity index (χ2v) is 4.82. The molecule has 0 saturated heterocycles. The topological polar surface area (TPSA) is 101 Å². The van der Waals surface area contributed by atoms with Crippen LogP contribution < -0.4 is 0 Å². The Labute approximate surface area is 114 Å². The van der Waals surface area contributed by atoms with Crippen molar-refractivity contribution in [2.45, 2.75) is 31.4 Å². The van der Waals surface area contributed by atoms with Gasteiger partial charge < -0.3 is 10.2 Å². The maximum Gasteiger partial charge on any atom is 0.358 e. The molecule has 2 aromatic rings. The third-order valence-corrected chi connectivity index (χ3v) is 3.56. The molecule has 2 atom stereocenters. The van der Waals surface area contributed by atoms with E-state index in [0.717, 1.165) is 12.8 Å². The van der Waals surface area contributed by atoms with Gasteiger partial charge in [-0.3, -0.25) is 4.98 Å². The van der Waals surface area contributed by atoms with E-state index in [-0.39, 0.29) is 11.7 Å². The number of carboxylic acid groups (broad SMARTS) is 1. The van der Waals surface area contributed by atoms with Crippen LogP contribution in [-0.2, 0) is 0 Å². The Hall–Kier alpha value is -2.28. The van der Waals surface area contributed by atoms with Crippen LogP contribution in [0.25, 0.3) is 11.4 Å². The molecular formula is C13H14N4O3. The number of nitrogens with zero attached hydrogens (tertiary/aromatic N) is 4. The molecule has 7 nitrogen and oxygen atoms in total. The van der Waals surface area contributed by atoms with E-state index in [4.69, 9.17) is 0 Å². The van der Waals surface area contributed by atoms with E-state index < -0.39 is 12.1 Å². The van der Waals surface area contributed by atoms with E-state index in [1.807, 2.05) is 0 Å². The molecule has 2 unspecified atom stereocenters. The summed E-state index contributed by atoms with van der Waals surface area (Å²) < 4.78 is 1.50. The molecule has 3 rings (SSSR count). The second-order valence-electron chi connectivity index (χ2n) is 4.82. The lowest BCUT2D eigenvalue weighted by molar-refractivity contribution is 0.0691. The van der Waals surface area contributed by atoms with Gasteiger partial charge in [0.05, 0.1) is 17.8 Å². The van der Waals surface area contributed by atoms with Crippen LogP contribution in [0, 0.1) is 0 Å². The van der Waals surface area contributed by atoms with E-state index in [0.29, 0.717) is 17.8 Å². The molecular weight excluding hydrogens is 260 g/mol. The first-order chi connectivity index (χ1) is 9.68. The van der Waals surface area contributed by atoms with Crippen LogP contribution in [0.3, 0.4) is 0 Å². The first-order valence-corrected chi connectivity index (χ1v) is 6.46. The molecule has 1 saturated carbocycles. The van der Waals surface area contributed by atoms with E-state index in [1.54, 1.807) is 24.4 Å². The fourth-order valence-corrected chi connectivity index (χ4v) is 2.62. The van der Waals surface area contributed by atoms with Crippen molar-refractivity contribution in [3.8, 4) is 11.4 Å². The lowest BCUT2D eigenvalue weighted by Gasteiger charge is -2.17. The number of aromatic nitrogens is 4. The highest BCUT2D eigenvalue weighted by Gasteiger charge is 2.32. The maximum absolute atomic E-state index is 11.3. The molecule has 0 amide bonds. The predicted molar refractivity (Wildman–Crippen MR) is 69.1 cm³/mol. The van der Waals surface area contributed by atoms with Gasteiger partial charge in [0.1, 0.15) is 5.69 Å². The lowest BCUT2D eigenvalue weighted by Crippen LogP contribution is -2.20. The Morgan fingerprint density at radius 1 is 1.35 bits per heavy atom. The van der Waals surface area contributed by atoms with Crippen molar-refractivity contribution >= 4 is 5.97 Å². The van der Waals surface area contributed by atoms with Gasteiger partial charge in [0, 0.05) is 6.20 Å². The summed E-state index contributed by atoms with van der Waals surface area (Å²) in [6, 6.07) is 4.99. The first-order valence-electron chi connectivity index (χ1n) is 6.46. The molecule has 7 heteroatoms. The van der Waals surface area contributed by atoms with Crippen molar-refractivity contribution in [2.75, 3.05) is 0 Å². The summed E-state index contributed by atoms with van der Waals surface area (Å²) in [5.74, 6) is -1.15. The number of carboxylic acids is 1. The van der Waals surface area contributed by atoms with Crippen molar-refractivity contribution in [3.63, 3.8) is 0 Å². The standard InChI is InChI=1S/C13H14N4O3/c18-10-6-3-5-9(10)17-12(8-4-1-2-7-14-8)11(13(19)20)15-16-17/h1-2,4,7,9-10,18H,3,5-6H2,(H,19,20). The van der Waals surface area contributed by atoms with Crippen molar-refractivity contribution in [1.82, 2.24) is 20.0 Å². The van der Waals surface area contributed by atoms with Gasteiger partial charge >= 0.3 is 5.97 Å².